The van der Waals surface area contributed by atoms with Gasteiger partial charge in [-0.15, -0.1) is 0 Å². The van der Waals surface area contributed by atoms with Gasteiger partial charge in [-0.3, -0.25) is 5.32 Å². The largest absolute Gasteiger partial charge is 0.465 e. The summed E-state index contributed by atoms with van der Waals surface area (Å²) in [7, 11) is 0. The number of alkyl halides is 2. The van der Waals surface area contributed by atoms with Crippen molar-refractivity contribution in [2.75, 3.05) is 5.32 Å². The van der Waals surface area contributed by atoms with Crippen molar-refractivity contribution in [1.29, 1.82) is 0 Å². The van der Waals surface area contributed by atoms with Crippen LogP contribution in [0.15, 0.2) is 18.2 Å². The number of ether oxygens (including phenoxy) is 1. The molecule has 0 saturated heterocycles. The predicted octanol–water partition coefficient (Wildman–Crippen LogP) is 2.30. The number of hydrogen-bond acceptors (Lipinski definition) is 2. The van der Waals surface area contributed by atoms with Gasteiger partial charge in [-0.05, 0) is 18.2 Å². The molecule has 1 heterocycles. The van der Waals surface area contributed by atoms with Crippen LogP contribution in [0, 0.1) is 0 Å². The van der Waals surface area contributed by atoms with E-state index in [1.165, 1.54) is 18.2 Å². The Balaban J connectivity index is 2.26. The fraction of sp³-hybridized carbons (Fsp3) is 0.222. The zero-order chi connectivity index (χ0) is 11.1. The molecule has 2 N–H and O–H groups in total. The molecule has 1 amide bonds. The van der Waals surface area contributed by atoms with Crippen molar-refractivity contribution in [3.05, 3.63) is 23.8 Å². The molecule has 1 aliphatic heterocycles. The summed E-state index contributed by atoms with van der Waals surface area (Å²) in [4.78, 5) is 10.3. The van der Waals surface area contributed by atoms with Crippen molar-refractivity contribution < 1.29 is 23.4 Å². The third kappa shape index (κ3) is 1.98. The Bertz CT molecular complexity index is 420. The van der Waals surface area contributed by atoms with Crippen LogP contribution in [0.25, 0.3) is 0 Å². The molecule has 0 spiro atoms. The van der Waals surface area contributed by atoms with Crippen molar-refractivity contribution in [1.82, 2.24) is 0 Å². The van der Waals surface area contributed by atoms with E-state index in [9.17, 15) is 13.6 Å². The number of nitrogens with one attached hydrogen (secondary N) is 1. The highest BCUT2D eigenvalue weighted by atomic mass is 19.3. The number of rotatable bonds is 1. The van der Waals surface area contributed by atoms with Gasteiger partial charge in [-0.2, -0.15) is 8.78 Å². The highest BCUT2D eigenvalue weighted by Crippen LogP contribution is 2.38. The standard InChI is InChI=1S/C9H7F2NO3/c10-9(11)4-5-3-6(12-8(13)14)1-2-7(5)15-9/h1-3,12H,4H2,(H,13,14). The highest BCUT2D eigenvalue weighted by Gasteiger charge is 2.39. The molecule has 4 nitrogen and oxygen atoms in total. The second-order valence-corrected chi connectivity index (χ2v) is 3.17. The van der Waals surface area contributed by atoms with Crippen LogP contribution in [-0.4, -0.2) is 17.3 Å². The fourth-order valence-electron chi connectivity index (χ4n) is 1.44. The van der Waals surface area contributed by atoms with E-state index in [0.29, 0.717) is 5.56 Å². The van der Waals surface area contributed by atoms with Gasteiger partial charge in [0.1, 0.15) is 5.75 Å². The number of halogens is 2. The molecular weight excluding hydrogens is 208 g/mol. The Hall–Kier alpha value is -1.85. The van der Waals surface area contributed by atoms with Crippen LogP contribution in [0.3, 0.4) is 0 Å². The third-order valence-corrected chi connectivity index (χ3v) is 1.97. The maximum Gasteiger partial charge on any atom is 0.409 e. The Morgan fingerprint density at radius 3 is 2.93 bits per heavy atom. The summed E-state index contributed by atoms with van der Waals surface area (Å²) >= 11 is 0. The van der Waals surface area contributed by atoms with Gasteiger partial charge in [0.05, 0.1) is 6.42 Å². The summed E-state index contributed by atoms with van der Waals surface area (Å²) in [6.07, 6.45) is -4.96. The molecule has 80 valence electrons. The number of anilines is 1. The molecule has 0 atom stereocenters. The molecule has 0 fully saturated rings. The average molecular weight is 215 g/mol. The monoisotopic (exact) mass is 215 g/mol. The topological polar surface area (TPSA) is 58.6 Å². The summed E-state index contributed by atoms with van der Waals surface area (Å²) in [6, 6.07) is 4.03. The zero-order valence-electron chi connectivity index (χ0n) is 7.46. The van der Waals surface area contributed by atoms with Gasteiger partial charge in [-0.1, -0.05) is 0 Å². The van der Waals surface area contributed by atoms with E-state index in [4.69, 9.17) is 5.11 Å². The smallest absolute Gasteiger partial charge is 0.409 e. The number of carbonyl (C=O) groups is 1. The molecule has 1 aromatic rings. The Kier molecular flexibility index (Phi) is 1.99. The summed E-state index contributed by atoms with van der Waals surface area (Å²) in [5.74, 6) is 0.0935. The number of carboxylic acid groups (broad SMARTS) is 1. The minimum Gasteiger partial charge on any atom is -0.465 e. The fourth-order valence-corrected chi connectivity index (χ4v) is 1.44. The van der Waals surface area contributed by atoms with E-state index in [2.05, 4.69) is 10.1 Å². The first-order valence-electron chi connectivity index (χ1n) is 4.16. The highest BCUT2D eigenvalue weighted by molar-refractivity contribution is 5.83. The summed E-state index contributed by atoms with van der Waals surface area (Å²) in [5.41, 5.74) is 0.550. The number of fused-ring (bicyclic) bond motifs is 1. The van der Waals surface area contributed by atoms with Gasteiger partial charge in [-0.25, -0.2) is 4.79 Å². The number of benzene rings is 1. The maximum absolute atomic E-state index is 12.8. The molecule has 0 unspecified atom stereocenters. The Morgan fingerprint density at radius 2 is 2.27 bits per heavy atom. The van der Waals surface area contributed by atoms with E-state index in [1.807, 2.05) is 0 Å². The lowest BCUT2D eigenvalue weighted by Crippen LogP contribution is -2.20. The minimum atomic E-state index is -3.19. The quantitative estimate of drug-likeness (QED) is 0.755. The van der Waals surface area contributed by atoms with Crippen molar-refractivity contribution in [2.45, 2.75) is 12.5 Å². The first-order chi connectivity index (χ1) is 6.96. The van der Waals surface area contributed by atoms with Crippen LogP contribution in [0.5, 0.6) is 5.75 Å². The SMILES string of the molecule is O=C(O)Nc1ccc2c(c1)CC(F)(F)O2. The molecule has 2 rings (SSSR count). The summed E-state index contributed by atoms with van der Waals surface area (Å²) < 4.78 is 29.9. The van der Waals surface area contributed by atoms with Gasteiger partial charge in [0.2, 0.25) is 0 Å². The molecule has 0 saturated carbocycles. The molecule has 15 heavy (non-hydrogen) atoms. The van der Waals surface area contributed by atoms with Crippen molar-refractivity contribution in [3.63, 3.8) is 0 Å². The van der Waals surface area contributed by atoms with Crippen molar-refractivity contribution in [2.24, 2.45) is 0 Å². The van der Waals surface area contributed by atoms with E-state index in [-0.39, 0.29) is 11.4 Å². The third-order valence-electron chi connectivity index (χ3n) is 1.97. The van der Waals surface area contributed by atoms with E-state index < -0.39 is 18.6 Å². The minimum absolute atomic E-state index is 0.0935. The van der Waals surface area contributed by atoms with Gasteiger partial charge in [0.25, 0.3) is 0 Å². The molecule has 6 heteroatoms. The number of amides is 1. The second kappa shape index (κ2) is 3.08. The molecular formula is C9H7F2NO3. The first kappa shape index (κ1) is 9.70. The number of hydrogen-bond donors (Lipinski definition) is 2. The molecule has 0 radical (unpaired) electrons. The zero-order valence-corrected chi connectivity index (χ0v) is 7.46. The van der Waals surface area contributed by atoms with Crippen molar-refractivity contribution >= 4 is 11.8 Å². The van der Waals surface area contributed by atoms with Crippen LogP contribution >= 0.6 is 0 Å². The maximum atomic E-state index is 12.8. The van der Waals surface area contributed by atoms with Crippen LogP contribution in [0.2, 0.25) is 0 Å². The molecule has 0 aliphatic carbocycles. The van der Waals surface area contributed by atoms with Gasteiger partial charge in [0.15, 0.2) is 0 Å². The van der Waals surface area contributed by atoms with Gasteiger partial charge in [0, 0.05) is 11.3 Å². The lowest BCUT2D eigenvalue weighted by Gasteiger charge is -2.06. The van der Waals surface area contributed by atoms with Gasteiger partial charge >= 0.3 is 12.2 Å². The lowest BCUT2D eigenvalue weighted by molar-refractivity contribution is -0.159. The van der Waals surface area contributed by atoms with Crippen LogP contribution in [0.1, 0.15) is 5.56 Å². The van der Waals surface area contributed by atoms with E-state index in [1.54, 1.807) is 0 Å². The Labute approximate surface area is 83.5 Å². The second-order valence-electron chi connectivity index (χ2n) is 3.17. The molecule has 0 aromatic heterocycles. The summed E-state index contributed by atoms with van der Waals surface area (Å²) in [5, 5.41) is 10.5. The van der Waals surface area contributed by atoms with E-state index in [0.717, 1.165) is 0 Å². The van der Waals surface area contributed by atoms with E-state index >= 15 is 0 Å². The first-order valence-corrected chi connectivity index (χ1v) is 4.16. The lowest BCUT2D eigenvalue weighted by atomic mass is 10.1. The average Bonchev–Trinajstić information content (AvgIpc) is 2.36. The predicted molar refractivity (Wildman–Crippen MR) is 47.4 cm³/mol. The van der Waals surface area contributed by atoms with Crippen LogP contribution < -0.4 is 10.1 Å². The van der Waals surface area contributed by atoms with Crippen LogP contribution in [-0.2, 0) is 6.42 Å². The molecule has 1 aromatic carbocycles. The van der Waals surface area contributed by atoms with Crippen molar-refractivity contribution in [3.8, 4) is 5.75 Å². The molecule has 0 bridgehead atoms. The summed E-state index contributed by atoms with van der Waals surface area (Å²) in [6.45, 7) is 0. The Morgan fingerprint density at radius 1 is 1.53 bits per heavy atom. The molecule has 1 aliphatic rings. The van der Waals surface area contributed by atoms with Gasteiger partial charge < -0.3 is 9.84 Å². The normalized spacial score (nSPS) is 16.7. The van der Waals surface area contributed by atoms with Crippen LogP contribution in [0.4, 0.5) is 19.3 Å².